The Morgan fingerprint density at radius 1 is 1.21 bits per heavy atom. The molecule has 0 radical (unpaired) electrons. The number of rotatable bonds is 5. The van der Waals surface area contributed by atoms with Gasteiger partial charge in [0.25, 0.3) is 5.91 Å². The molecule has 0 aliphatic rings. The zero-order valence-electron chi connectivity index (χ0n) is 10.8. The molecule has 6 heteroatoms. The third-order valence-corrected chi connectivity index (χ3v) is 3.44. The van der Waals surface area contributed by atoms with Crippen LogP contribution in [0.5, 0.6) is 0 Å². The predicted molar refractivity (Wildman–Crippen MR) is 82.0 cm³/mol. The molecule has 0 aromatic heterocycles. The van der Waals surface area contributed by atoms with Crippen LogP contribution in [-0.2, 0) is 4.79 Å². The molecule has 0 saturated heterocycles. The van der Waals surface area contributed by atoms with Gasteiger partial charge in [0.2, 0.25) is 5.91 Å². The average molecular weight is 392 g/mol. The molecule has 4 nitrogen and oxygen atoms in total. The van der Waals surface area contributed by atoms with Crippen LogP contribution in [0.25, 0.3) is 0 Å². The van der Waals surface area contributed by atoms with Crippen molar-refractivity contribution in [1.82, 2.24) is 10.6 Å². The summed E-state index contributed by atoms with van der Waals surface area (Å²) in [6, 6.07) is 5.25. The molecule has 0 aliphatic carbocycles. The monoisotopic (exact) mass is 390 g/mol. The molecule has 0 bridgehead atoms. The average Bonchev–Trinajstić information content (AvgIpc) is 2.33. The van der Waals surface area contributed by atoms with E-state index in [1.165, 1.54) is 0 Å². The molecule has 104 valence electrons. The van der Waals surface area contributed by atoms with Crippen LogP contribution in [0.2, 0.25) is 0 Å². The number of amides is 2. The third kappa shape index (κ3) is 5.74. The summed E-state index contributed by atoms with van der Waals surface area (Å²) in [5.74, 6) is -0.0744. The summed E-state index contributed by atoms with van der Waals surface area (Å²) in [5, 5.41) is 5.33. The lowest BCUT2D eigenvalue weighted by atomic mass is 10.2. The quantitative estimate of drug-likeness (QED) is 0.810. The molecule has 2 N–H and O–H groups in total. The van der Waals surface area contributed by atoms with Crippen molar-refractivity contribution in [3.63, 3.8) is 0 Å². The lowest BCUT2D eigenvalue weighted by Crippen LogP contribution is -2.38. The number of carbonyl (C=O) groups is 2. The highest BCUT2D eigenvalue weighted by Crippen LogP contribution is 2.21. The lowest BCUT2D eigenvalue weighted by molar-refractivity contribution is -0.120. The highest BCUT2D eigenvalue weighted by Gasteiger charge is 2.11. The molecule has 0 atom stereocenters. The smallest absolute Gasteiger partial charge is 0.252 e. The molecular weight excluding hydrogens is 376 g/mol. The van der Waals surface area contributed by atoms with E-state index in [2.05, 4.69) is 42.5 Å². The first-order valence-electron chi connectivity index (χ1n) is 5.90. The number of hydrogen-bond acceptors (Lipinski definition) is 2. The lowest BCUT2D eigenvalue weighted by Gasteiger charge is -2.09. The maximum absolute atomic E-state index is 11.9. The second-order valence-electron chi connectivity index (χ2n) is 4.50. The van der Waals surface area contributed by atoms with E-state index in [1.54, 1.807) is 18.2 Å². The van der Waals surface area contributed by atoms with Crippen molar-refractivity contribution in [3.05, 3.63) is 32.7 Å². The van der Waals surface area contributed by atoms with Crippen LogP contribution in [0.1, 0.15) is 24.2 Å². The third-order valence-electron chi connectivity index (χ3n) is 2.29. The maximum Gasteiger partial charge on any atom is 0.252 e. The Morgan fingerprint density at radius 3 is 2.47 bits per heavy atom. The van der Waals surface area contributed by atoms with Gasteiger partial charge < -0.3 is 10.6 Å². The van der Waals surface area contributed by atoms with Crippen LogP contribution in [0.4, 0.5) is 0 Å². The van der Waals surface area contributed by atoms with Crippen molar-refractivity contribution < 1.29 is 9.59 Å². The number of benzene rings is 1. The van der Waals surface area contributed by atoms with Gasteiger partial charge in [0.15, 0.2) is 0 Å². The normalized spacial score (nSPS) is 10.4. The van der Waals surface area contributed by atoms with Gasteiger partial charge in [-0.05, 0) is 40.0 Å². The Balaban J connectivity index is 2.49. The van der Waals surface area contributed by atoms with Gasteiger partial charge in [-0.1, -0.05) is 29.8 Å². The van der Waals surface area contributed by atoms with Crippen molar-refractivity contribution >= 4 is 43.7 Å². The van der Waals surface area contributed by atoms with Crippen molar-refractivity contribution in [3.8, 4) is 0 Å². The van der Waals surface area contributed by atoms with Gasteiger partial charge >= 0.3 is 0 Å². The Labute approximate surface area is 129 Å². The predicted octanol–water partition coefficient (Wildman–Crippen LogP) is 2.71. The van der Waals surface area contributed by atoms with Crippen LogP contribution in [0, 0.1) is 5.92 Å². The largest absolute Gasteiger partial charge is 0.354 e. The zero-order chi connectivity index (χ0) is 14.4. The Hall–Kier alpha value is -0.880. The molecule has 0 unspecified atom stereocenters. The van der Waals surface area contributed by atoms with Crippen LogP contribution in [-0.4, -0.2) is 24.9 Å². The van der Waals surface area contributed by atoms with Crippen molar-refractivity contribution in [2.24, 2.45) is 5.92 Å². The number of halogens is 2. The molecule has 0 heterocycles. The van der Waals surface area contributed by atoms with E-state index in [0.717, 1.165) is 4.47 Å². The minimum atomic E-state index is -0.279. The van der Waals surface area contributed by atoms with Gasteiger partial charge in [0, 0.05) is 15.5 Å². The van der Waals surface area contributed by atoms with E-state index >= 15 is 0 Å². The fourth-order valence-corrected chi connectivity index (χ4v) is 2.54. The van der Waals surface area contributed by atoms with Crippen molar-refractivity contribution in [1.29, 1.82) is 0 Å². The van der Waals surface area contributed by atoms with Gasteiger partial charge in [-0.3, -0.25) is 9.59 Å². The summed E-state index contributed by atoms with van der Waals surface area (Å²) in [6.45, 7) is 4.61. The van der Waals surface area contributed by atoms with E-state index in [-0.39, 0.29) is 18.4 Å². The molecule has 0 aliphatic heterocycles. The summed E-state index contributed by atoms with van der Waals surface area (Å²) in [6.07, 6.45) is 0. The number of nitrogens with one attached hydrogen (secondary N) is 2. The summed E-state index contributed by atoms with van der Waals surface area (Å²) in [7, 11) is 0. The van der Waals surface area contributed by atoms with Gasteiger partial charge in [0.1, 0.15) is 0 Å². The van der Waals surface area contributed by atoms with Crippen LogP contribution in [0.3, 0.4) is 0 Å². The van der Waals surface area contributed by atoms with Gasteiger partial charge in [-0.15, -0.1) is 0 Å². The van der Waals surface area contributed by atoms with E-state index in [4.69, 9.17) is 0 Å². The van der Waals surface area contributed by atoms with E-state index in [1.807, 2.05) is 13.8 Å². The minimum absolute atomic E-state index is 0.0198. The van der Waals surface area contributed by atoms with Crippen molar-refractivity contribution in [2.45, 2.75) is 13.8 Å². The molecule has 0 saturated carbocycles. The standard InChI is InChI=1S/C13H16Br2N2O2/c1-8(2)6-16-12(18)7-17-13(19)10-4-3-9(14)5-11(10)15/h3-5,8H,6-7H2,1-2H3,(H,16,18)(H,17,19). The topological polar surface area (TPSA) is 58.2 Å². The van der Waals surface area contributed by atoms with Crippen molar-refractivity contribution in [2.75, 3.05) is 13.1 Å². The first-order valence-corrected chi connectivity index (χ1v) is 7.48. The van der Waals surface area contributed by atoms with Crippen LogP contribution < -0.4 is 10.6 Å². The SMILES string of the molecule is CC(C)CNC(=O)CNC(=O)c1ccc(Br)cc1Br. The molecule has 19 heavy (non-hydrogen) atoms. The molecule has 1 rings (SSSR count). The molecule has 0 fully saturated rings. The van der Waals surface area contributed by atoms with Gasteiger partial charge in [-0.2, -0.15) is 0 Å². The van der Waals surface area contributed by atoms with Crippen LogP contribution in [0.15, 0.2) is 27.1 Å². The zero-order valence-corrected chi connectivity index (χ0v) is 14.0. The minimum Gasteiger partial charge on any atom is -0.354 e. The molecule has 1 aromatic carbocycles. The second kappa shape index (κ2) is 7.65. The molecule has 2 amide bonds. The molecule has 1 aromatic rings. The Kier molecular flexibility index (Phi) is 6.51. The van der Waals surface area contributed by atoms with Crippen LogP contribution >= 0.6 is 31.9 Å². The highest BCUT2D eigenvalue weighted by atomic mass is 79.9. The summed E-state index contributed by atoms with van der Waals surface area (Å²) in [5.41, 5.74) is 0.500. The number of carbonyl (C=O) groups excluding carboxylic acids is 2. The van der Waals surface area contributed by atoms with Gasteiger partial charge in [0.05, 0.1) is 12.1 Å². The number of hydrogen-bond donors (Lipinski definition) is 2. The summed E-state index contributed by atoms with van der Waals surface area (Å²) < 4.78 is 1.56. The highest BCUT2D eigenvalue weighted by molar-refractivity contribution is 9.11. The first kappa shape index (κ1) is 16.2. The maximum atomic E-state index is 11.9. The summed E-state index contributed by atoms with van der Waals surface area (Å²) in [4.78, 5) is 23.4. The molecule has 0 spiro atoms. The summed E-state index contributed by atoms with van der Waals surface area (Å²) >= 11 is 6.63. The molecular formula is C13H16Br2N2O2. The Bertz CT molecular complexity index is 476. The van der Waals surface area contributed by atoms with E-state index in [0.29, 0.717) is 22.5 Å². The van der Waals surface area contributed by atoms with E-state index in [9.17, 15) is 9.59 Å². The first-order chi connectivity index (χ1) is 8.90. The fourth-order valence-electron chi connectivity index (χ4n) is 1.31. The van der Waals surface area contributed by atoms with E-state index < -0.39 is 0 Å². The Morgan fingerprint density at radius 2 is 1.89 bits per heavy atom. The van der Waals surface area contributed by atoms with Gasteiger partial charge in [-0.25, -0.2) is 0 Å². The fraction of sp³-hybridized carbons (Fsp3) is 0.385. The second-order valence-corrected chi connectivity index (χ2v) is 6.27.